The number of aryl methyl sites for hydroxylation is 1. The predicted octanol–water partition coefficient (Wildman–Crippen LogP) is 0.335. The molecule has 8 heteroatoms. The topological polar surface area (TPSA) is 72.6 Å². The molecule has 0 saturated carbocycles. The number of aromatic nitrogens is 3. The molecule has 0 aliphatic carbocycles. The van der Waals surface area contributed by atoms with Gasteiger partial charge in [0.25, 0.3) is 0 Å². The lowest BCUT2D eigenvalue weighted by Crippen LogP contribution is -2.41. The summed E-state index contributed by atoms with van der Waals surface area (Å²) in [5.74, 6) is 1.11. The van der Waals surface area contributed by atoms with Crippen molar-refractivity contribution in [2.45, 2.75) is 45.1 Å². The number of hydroxylamine groups is 2. The summed E-state index contributed by atoms with van der Waals surface area (Å²) >= 11 is 0. The monoisotopic (exact) mass is 337 g/mol. The molecule has 1 unspecified atom stereocenters. The van der Waals surface area contributed by atoms with Crippen molar-refractivity contribution in [2.75, 3.05) is 32.8 Å². The highest BCUT2D eigenvalue weighted by Gasteiger charge is 2.29. The van der Waals surface area contributed by atoms with E-state index in [1.165, 1.54) is 4.68 Å². The highest BCUT2D eigenvalue weighted by molar-refractivity contribution is 5.76. The van der Waals surface area contributed by atoms with E-state index in [4.69, 9.17) is 4.84 Å². The molecule has 3 heterocycles. The lowest BCUT2D eigenvalue weighted by atomic mass is 9.97. The molecule has 0 radical (unpaired) electrons. The van der Waals surface area contributed by atoms with Crippen LogP contribution in [0.3, 0.4) is 0 Å². The molecule has 3 rings (SSSR count). The van der Waals surface area contributed by atoms with Crippen LogP contribution in [0.15, 0.2) is 4.79 Å². The highest BCUT2D eigenvalue weighted by Crippen LogP contribution is 2.25. The molecule has 0 N–H and O–H groups in total. The van der Waals surface area contributed by atoms with Gasteiger partial charge in [-0.2, -0.15) is 10.2 Å². The number of nitrogens with zero attached hydrogens (tertiary/aromatic N) is 5. The first-order valence-electron chi connectivity index (χ1n) is 8.89. The minimum Gasteiger partial charge on any atom is -0.342 e. The predicted molar refractivity (Wildman–Crippen MR) is 88.5 cm³/mol. The third kappa shape index (κ3) is 3.54. The van der Waals surface area contributed by atoms with E-state index >= 15 is 0 Å². The first-order chi connectivity index (χ1) is 11.6. The average molecular weight is 337 g/mol. The fraction of sp³-hybridized carbons (Fsp3) is 0.812. The number of hydrogen-bond acceptors (Lipinski definition) is 5. The van der Waals surface area contributed by atoms with Gasteiger partial charge in [-0.1, -0.05) is 0 Å². The SMILES string of the molecule is CCn1c(C2CCCN(C(=O)CCN3CCCO3)C2)nn(C)c1=O. The first-order valence-corrected chi connectivity index (χ1v) is 8.89. The van der Waals surface area contributed by atoms with E-state index in [-0.39, 0.29) is 17.5 Å². The number of amides is 1. The summed E-state index contributed by atoms with van der Waals surface area (Å²) in [4.78, 5) is 32.0. The van der Waals surface area contributed by atoms with Crippen molar-refractivity contribution in [3.63, 3.8) is 0 Å². The van der Waals surface area contributed by atoms with Crippen molar-refractivity contribution in [1.29, 1.82) is 0 Å². The first kappa shape index (κ1) is 17.2. The van der Waals surface area contributed by atoms with Crippen LogP contribution in [-0.4, -0.2) is 63.0 Å². The summed E-state index contributed by atoms with van der Waals surface area (Å²) in [6.45, 7) is 6.33. The van der Waals surface area contributed by atoms with Crippen LogP contribution in [0.4, 0.5) is 0 Å². The zero-order valence-electron chi connectivity index (χ0n) is 14.6. The molecular formula is C16H27N5O3. The lowest BCUT2D eigenvalue weighted by molar-refractivity contribution is -0.139. The molecule has 2 aliphatic heterocycles. The van der Waals surface area contributed by atoms with Gasteiger partial charge in [-0.25, -0.2) is 9.48 Å². The van der Waals surface area contributed by atoms with Gasteiger partial charge in [0.1, 0.15) is 5.82 Å². The van der Waals surface area contributed by atoms with Crippen molar-refractivity contribution in [1.82, 2.24) is 24.3 Å². The zero-order chi connectivity index (χ0) is 17.1. The number of carbonyl (C=O) groups excluding carboxylic acids is 1. The summed E-state index contributed by atoms with van der Waals surface area (Å²) in [6, 6.07) is 0. The molecule has 2 fully saturated rings. The quantitative estimate of drug-likeness (QED) is 0.774. The van der Waals surface area contributed by atoms with Crippen LogP contribution in [0, 0.1) is 0 Å². The Morgan fingerprint density at radius 1 is 1.33 bits per heavy atom. The molecule has 24 heavy (non-hydrogen) atoms. The number of rotatable bonds is 5. The normalized spacial score (nSPS) is 22.2. The van der Waals surface area contributed by atoms with E-state index in [9.17, 15) is 9.59 Å². The maximum Gasteiger partial charge on any atom is 0.345 e. The van der Waals surface area contributed by atoms with Crippen molar-refractivity contribution >= 4 is 5.91 Å². The number of likely N-dealkylation sites (tertiary alicyclic amines) is 1. The minimum atomic E-state index is -0.0814. The van der Waals surface area contributed by atoms with Crippen LogP contribution >= 0.6 is 0 Å². The van der Waals surface area contributed by atoms with Crippen molar-refractivity contribution in [3.8, 4) is 0 Å². The van der Waals surface area contributed by atoms with Crippen LogP contribution in [0.1, 0.15) is 44.3 Å². The molecule has 134 valence electrons. The molecule has 1 atom stereocenters. The van der Waals surface area contributed by atoms with E-state index in [1.54, 1.807) is 11.6 Å². The van der Waals surface area contributed by atoms with Gasteiger partial charge >= 0.3 is 5.69 Å². The number of piperidine rings is 1. The molecule has 0 aromatic carbocycles. The Labute approximate surface area is 141 Å². The summed E-state index contributed by atoms with van der Waals surface area (Å²) in [5.41, 5.74) is -0.0814. The molecular weight excluding hydrogens is 310 g/mol. The zero-order valence-corrected chi connectivity index (χ0v) is 14.6. The number of hydrogen-bond donors (Lipinski definition) is 0. The van der Waals surface area contributed by atoms with Crippen LogP contribution in [0.2, 0.25) is 0 Å². The summed E-state index contributed by atoms with van der Waals surface area (Å²) in [6.07, 6.45) is 3.43. The second-order valence-corrected chi connectivity index (χ2v) is 6.55. The van der Waals surface area contributed by atoms with Gasteiger partial charge in [0.05, 0.1) is 6.61 Å². The number of carbonyl (C=O) groups is 1. The Kier molecular flexibility index (Phi) is 5.35. The van der Waals surface area contributed by atoms with Gasteiger partial charge in [0.15, 0.2) is 0 Å². The van der Waals surface area contributed by atoms with E-state index in [0.717, 1.165) is 44.8 Å². The van der Waals surface area contributed by atoms with Crippen LogP contribution in [0.25, 0.3) is 0 Å². The molecule has 2 aliphatic rings. The van der Waals surface area contributed by atoms with E-state index in [2.05, 4.69) is 5.10 Å². The van der Waals surface area contributed by atoms with Crippen molar-refractivity contribution in [3.05, 3.63) is 16.3 Å². The van der Waals surface area contributed by atoms with Crippen molar-refractivity contribution in [2.24, 2.45) is 7.05 Å². The Morgan fingerprint density at radius 2 is 2.17 bits per heavy atom. The smallest absolute Gasteiger partial charge is 0.342 e. The second-order valence-electron chi connectivity index (χ2n) is 6.55. The second kappa shape index (κ2) is 7.48. The Bertz CT molecular complexity index is 632. The van der Waals surface area contributed by atoms with Crippen LogP contribution in [-0.2, 0) is 23.2 Å². The van der Waals surface area contributed by atoms with Gasteiger partial charge in [-0.3, -0.25) is 14.2 Å². The van der Waals surface area contributed by atoms with Crippen LogP contribution < -0.4 is 5.69 Å². The van der Waals surface area contributed by atoms with Gasteiger partial charge in [0.2, 0.25) is 5.91 Å². The minimum absolute atomic E-state index is 0.0814. The molecule has 1 aromatic heterocycles. The summed E-state index contributed by atoms with van der Waals surface area (Å²) in [5, 5.41) is 6.29. The molecule has 0 spiro atoms. The van der Waals surface area contributed by atoms with E-state index < -0.39 is 0 Å². The molecule has 1 aromatic rings. The van der Waals surface area contributed by atoms with Gasteiger partial charge in [-0.15, -0.1) is 0 Å². The van der Waals surface area contributed by atoms with E-state index in [0.29, 0.717) is 26.1 Å². The third-order valence-corrected chi connectivity index (χ3v) is 4.89. The Morgan fingerprint density at radius 3 is 2.88 bits per heavy atom. The summed E-state index contributed by atoms with van der Waals surface area (Å²) < 4.78 is 3.11. The average Bonchev–Trinajstić information content (AvgIpc) is 3.21. The Balaban J connectivity index is 1.62. The highest BCUT2D eigenvalue weighted by atomic mass is 16.7. The third-order valence-electron chi connectivity index (χ3n) is 4.89. The fourth-order valence-corrected chi connectivity index (χ4v) is 3.59. The lowest BCUT2D eigenvalue weighted by Gasteiger charge is -2.32. The van der Waals surface area contributed by atoms with Gasteiger partial charge in [0, 0.05) is 52.1 Å². The molecule has 2 saturated heterocycles. The van der Waals surface area contributed by atoms with Crippen LogP contribution in [0.5, 0.6) is 0 Å². The van der Waals surface area contributed by atoms with Gasteiger partial charge in [-0.05, 0) is 26.2 Å². The molecule has 8 nitrogen and oxygen atoms in total. The summed E-state index contributed by atoms with van der Waals surface area (Å²) in [7, 11) is 1.68. The maximum atomic E-state index is 12.5. The Hall–Kier alpha value is -1.67. The molecule has 0 bridgehead atoms. The fourth-order valence-electron chi connectivity index (χ4n) is 3.59. The van der Waals surface area contributed by atoms with E-state index in [1.807, 2.05) is 16.9 Å². The van der Waals surface area contributed by atoms with Gasteiger partial charge < -0.3 is 4.90 Å². The largest absolute Gasteiger partial charge is 0.345 e. The standard InChI is InChI=1S/C16H27N5O3/c1-3-21-15(17-18(2)16(21)23)13-6-4-8-19(12-13)14(22)7-10-20-9-5-11-24-20/h13H,3-12H2,1-2H3. The molecule has 1 amide bonds. The van der Waals surface area contributed by atoms with Crippen molar-refractivity contribution < 1.29 is 9.63 Å². The maximum absolute atomic E-state index is 12.5.